The Morgan fingerprint density at radius 3 is 2.63 bits per heavy atom. The summed E-state index contributed by atoms with van der Waals surface area (Å²) in [7, 11) is 3.61. The van der Waals surface area contributed by atoms with Crippen molar-refractivity contribution in [2.75, 3.05) is 26.0 Å². The number of hydrogen-bond donors (Lipinski definition) is 1. The molecule has 0 saturated heterocycles. The van der Waals surface area contributed by atoms with Crippen molar-refractivity contribution in [3.8, 4) is 11.8 Å². The van der Waals surface area contributed by atoms with E-state index in [1.807, 2.05) is 49.0 Å². The number of fused-ring (bicyclic) bond motifs is 1. The lowest BCUT2D eigenvalue weighted by Gasteiger charge is -2.23. The number of rotatable bonds is 5. The third-order valence-electron chi connectivity index (χ3n) is 6.16. The molecule has 2 unspecified atom stereocenters. The summed E-state index contributed by atoms with van der Waals surface area (Å²) in [5.74, 6) is 1.75. The van der Waals surface area contributed by atoms with Gasteiger partial charge in [0, 0.05) is 18.2 Å². The average molecular weight is 477 g/mol. The molecular weight excluding hydrogens is 449 g/mol. The van der Waals surface area contributed by atoms with Gasteiger partial charge in [-0.25, -0.2) is 4.39 Å². The Bertz CT molecular complexity index is 1300. The Balaban J connectivity index is 1.42. The molecule has 2 aliphatic rings. The second-order valence-electron chi connectivity index (χ2n) is 8.63. The van der Waals surface area contributed by atoms with Crippen LogP contribution in [0.3, 0.4) is 0 Å². The number of nitrogens with zero attached hydrogens (tertiary/aromatic N) is 6. The van der Waals surface area contributed by atoms with Crippen LogP contribution < -0.4 is 14.8 Å². The van der Waals surface area contributed by atoms with Crippen molar-refractivity contribution in [1.29, 1.82) is 0 Å². The topological polar surface area (TPSA) is 87.8 Å². The lowest BCUT2D eigenvalue weighted by molar-refractivity contribution is -0.287. The molecule has 0 fully saturated rings. The first kappa shape index (κ1) is 22.9. The highest BCUT2D eigenvalue weighted by molar-refractivity contribution is 5.75. The molecule has 5 rings (SSSR count). The van der Waals surface area contributed by atoms with Crippen molar-refractivity contribution in [3.05, 3.63) is 59.7 Å². The highest BCUT2D eigenvalue weighted by Crippen LogP contribution is 2.36. The number of aliphatic imine (C=N–C) groups is 1. The molecular formula is C25H27FN7O2+. The van der Waals surface area contributed by atoms with Gasteiger partial charge in [0.25, 0.3) is 12.2 Å². The normalized spacial score (nSPS) is 21.6. The third kappa shape index (κ3) is 4.69. The second kappa shape index (κ2) is 9.38. The molecule has 0 aromatic carbocycles. The van der Waals surface area contributed by atoms with Crippen molar-refractivity contribution in [3.63, 3.8) is 0 Å². The highest BCUT2D eigenvalue weighted by atomic mass is 19.1. The van der Waals surface area contributed by atoms with Gasteiger partial charge in [-0.2, -0.15) is 14.5 Å². The molecule has 180 valence electrons. The molecule has 0 spiro atoms. The van der Waals surface area contributed by atoms with Crippen molar-refractivity contribution >= 4 is 29.9 Å². The van der Waals surface area contributed by atoms with Crippen molar-refractivity contribution in [2.45, 2.75) is 32.0 Å². The lowest BCUT2D eigenvalue weighted by Crippen LogP contribution is -2.27. The number of aromatic nitrogens is 3. The lowest BCUT2D eigenvalue weighted by atomic mass is 10.1. The molecule has 1 N–H and O–H groups in total. The summed E-state index contributed by atoms with van der Waals surface area (Å²) < 4.78 is 27.1. The second-order valence-corrected chi connectivity index (χ2v) is 8.63. The molecule has 0 bridgehead atoms. The number of anilines is 2. The van der Waals surface area contributed by atoms with E-state index in [0.717, 1.165) is 11.3 Å². The van der Waals surface area contributed by atoms with Gasteiger partial charge in [-0.1, -0.05) is 4.99 Å². The first-order valence-electron chi connectivity index (χ1n) is 11.4. The number of pyridine rings is 3. The van der Waals surface area contributed by atoms with E-state index in [1.165, 1.54) is 12.3 Å². The number of ether oxygens (including phenoxy) is 2. The van der Waals surface area contributed by atoms with Crippen LogP contribution in [0, 0.1) is 5.82 Å². The fourth-order valence-corrected chi connectivity index (χ4v) is 4.10. The number of hydrogen-bond acceptors (Lipinski definition) is 8. The fourth-order valence-electron chi connectivity index (χ4n) is 4.10. The van der Waals surface area contributed by atoms with Crippen LogP contribution >= 0.6 is 0 Å². The maximum atomic E-state index is 13.4. The van der Waals surface area contributed by atoms with Crippen LogP contribution in [0.5, 0.6) is 11.8 Å². The van der Waals surface area contributed by atoms with Crippen LogP contribution in [0.15, 0.2) is 47.6 Å². The monoisotopic (exact) mass is 476 g/mol. The SMILES string of the molecule is COc1nc(Nc2ccc3c(n2)O[C@H](c2ccc(F)cn2)CN(C)C3C)ccc1[N+]1=CC(C)N=C1. The molecule has 5 heterocycles. The van der Waals surface area contributed by atoms with Gasteiger partial charge in [0.15, 0.2) is 17.8 Å². The third-order valence-corrected chi connectivity index (χ3v) is 6.16. The molecule has 2 aliphatic heterocycles. The summed E-state index contributed by atoms with van der Waals surface area (Å²) in [4.78, 5) is 20.1. The van der Waals surface area contributed by atoms with Gasteiger partial charge in [0.05, 0.1) is 19.0 Å². The number of likely N-dealkylation sites (N-methyl/N-ethyl adjacent to an activating group) is 1. The molecule has 10 heteroatoms. The summed E-state index contributed by atoms with van der Waals surface area (Å²) >= 11 is 0. The zero-order valence-electron chi connectivity index (χ0n) is 20.0. The van der Waals surface area contributed by atoms with Crippen LogP contribution in [0.25, 0.3) is 0 Å². The highest BCUT2D eigenvalue weighted by Gasteiger charge is 2.29. The summed E-state index contributed by atoms with van der Waals surface area (Å²) in [6, 6.07) is 10.9. The van der Waals surface area contributed by atoms with E-state index in [4.69, 9.17) is 14.5 Å². The molecule has 3 aromatic rings. The van der Waals surface area contributed by atoms with Gasteiger partial charge in [0.1, 0.15) is 23.7 Å². The molecule has 3 atom stereocenters. The maximum absolute atomic E-state index is 13.4. The standard InChI is InChI=1S/C25H27FN7O2/c1-15-12-33(14-28-15)20-8-10-23(31-25(20)34-4)29-22-9-6-18-16(2)32(3)13-21(35-24(18)30-22)19-7-5-17(26)11-27-19/h5-12,14-16,21H,13H2,1-4H3,(H,29,30,31)/q+1/t15?,16?,21-/m0/s1. The molecule has 0 aliphatic carbocycles. The Morgan fingerprint density at radius 2 is 1.91 bits per heavy atom. The van der Waals surface area contributed by atoms with Gasteiger partial charge in [-0.3, -0.25) is 9.88 Å². The quantitative estimate of drug-likeness (QED) is 0.556. The minimum absolute atomic E-state index is 0.0790. The van der Waals surface area contributed by atoms with Crippen LogP contribution in [0.2, 0.25) is 0 Å². The van der Waals surface area contributed by atoms with Crippen LogP contribution in [0.4, 0.5) is 21.7 Å². The first-order chi connectivity index (χ1) is 16.9. The minimum atomic E-state index is -0.384. The van der Waals surface area contributed by atoms with Gasteiger partial charge in [-0.15, -0.1) is 0 Å². The first-order valence-corrected chi connectivity index (χ1v) is 11.4. The van der Waals surface area contributed by atoms with Crippen molar-refractivity contribution in [1.82, 2.24) is 19.9 Å². The number of methoxy groups -OCH3 is 1. The molecule has 3 aromatic heterocycles. The predicted molar refractivity (Wildman–Crippen MR) is 131 cm³/mol. The fraction of sp³-hybridized carbons (Fsp3) is 0.320. The molecule has 0 amide bonds. The van der Waals surface area contributed by atoms with Gasteiger partial charge >= 0.3 is 0 Å². The van der Waals surface area contributed by atoms with Crippen LogP contribution in [-0.2, 0) is 0 Å². The average Bonchev–Trinajstić information content (AvgIpc) is 3.24. The summed E-state index contributed by atoms with van der Waals surface area (Å²) in [6.45, 7) is 4.70. The maximum Gasteiger partial charge on any atom is 0.286 e. The van der Waals surface area contributed by atoms with Gasteiger partial charge in [-0.05, 0) is 57.3 Å². The zero-order valence-corrected chi connectivity index (χ0v) is 20.0. The van der Waals surface area contributed by atoms with E-state index in [-0.39, 0.29) is 24.0 Å². The zero-order chi connectivity index (χ0) is 24.5. The molecule has 35 heavy (non-hydrogen) atoms. The summed E-state index contributed by atoms with van der Waals surface area (Å²) in [5.41, 5.74) is 2.41. The van der Waals surface area contributed by atoms with E-state index in [9.17, 15) is 4.39 Å². The van der Waals surface area contributed by atoms with E-state index in [2.05, 4.69) is 32.1 Å². The Morgan fingerprint density at radius 1 is 1.11 bits per heavy atom. The smallest absolute Gasteiger partial charge is 0.286 e. The summed E-state index contributed by atoms with van der Waals surface area (Å²) in [5, 5.41) is 3.24. The molecule has 0 saturated carbocycles. The predicted octanol–water partition coefficient (Wildman–Crippen LogP) is 4.03. The van der Waals surface area contributed by atoms with Crippen molar-refractivity contribution in [2.24, 2.45) is 4.99 Å². The van der Waals surface area contributed by atoms with Gasteiger partial charge < -0.3 is 14.8 Å². The van der Waals surface area contributed by atoms with Gasteiger partial charge in [0.2, 0.25) is 5.88 Å². The largest absolute Gasteiger partial charge is 0.478 e. The van der Waals surface area contributed by atoms with E-state index >= 15 is 0 Å². The van der Waals surface area contributed by atoms with E-state index in [0.29, 0.717) is 35.6 Å². The Kier molecular flexibility index (Phi) is 6.12. The molecule has 0 radical (unpaired) electrons. The molecule has 9 nitrogen and oxygen atoms in total. The van der Waals surface area contributed by atoms with Crippen LogP contribution in [-0.4, -0.2) is 63.7 Å². The van der Waals surface area contributed by atoms with Crippen LogP contribution in [0.1, 0.15) is 37.3 Å². The summed E-state index contributed by atoms with van der Waals surface area (Å²) in [6.07, 6.45) is 4.56. The number of nitrogens with one attached hydrogen (secondary N) is 1. The van der Waals surface area contributed by atoms with E-state index in [1.54, 1.807) is 19.5 Å². The Labute approximate surface area is 203 Å². The van der Waals surface area contributed by atoms with Crippen molar-refractivity contribution < 1.29 is 18.4 Å². The van der Waals surface area contributed by atoms with E-state index < -0.39 is 0 Å². The minimum Gasteiger partial charge on any atom is -0.478 e. The Hall–Kier alpha value is -3.92. The number of halogens is 1.